The van der Waals surface area contributed by atoms with Crippen LogP contribution in [0.4, 0.5) is 4.79 Å². The highest BCUT2D eigenvalue weighted by molar-refractivity contribution is 5.75. The maximum atomic E-state index is 12.4. The van der Waals surface area contributed by atoms with E-state index in [0.717, 1.165) is 30.6 Å². The Labute approximate surface area is 119 Å². The minimum Gasteiger partial charge on any atom is -0.469 e. The van der Waals surface area contributed by atoms with Crippen LogP contribution < -0.4 is 5.32 Å². The Balaban J connectivity index is 1.65. The maximum Gasteiger partial charge on any atom is 0.318 e. The van der Waals surface area contributed by atoms with Gasteiger partial charge >= 0.3 is 6.03 Å². The Morgan fingerprint density at radius 2 is 2.35 bits per heavy atom. The fraction of sp³-hybridized carbons (Fsp3) is 0.667. The average molecular weight is 278 g/mol. The number of rotatable bonds is 1. The van der Waals surface area contributed by atoms with Crippen LogP contribution >= 0.6 is 0 Å². The summed E-state index contributed by atoms with van der Waals surface area (Å²) in [6.45, 7) is 5.91. The topological polar surface area (TPSA) is 54.7 Å². The Hall–Kier alpha value is -1.49. The van der Waals surface area contributed by atoms with E-state index in [9.17, 15) is 4.79 Å². The van der Waals surface area contributed by atoms with Gasteiger partial charge in [0, 0.05) is 18.5 Å². The number of aryl methyl sites for hydroxylation is 1. The molecule has 1 aliphatic carbocycles. The van der Waals surface area contributed by atoms with Crippen LogP contribution in [0.15, 0.2) is 16.7 Å². The van der Waals surface area contributed by atoms with Gasteiger partial charge in [0.2, 0.25) is 0 Å². The number of carbonyl (C=O) groups excluding carboxylic acids is 1. The molecule has 1 atom stereocenters. The monoisotopic (exact) mass is 278 g/mol. The molecular weight excluding hydrogens is 256 g/mol. The number of nitrogens with zero attached hydrogens (tertiary/aromatic N) is 1. The van der Waals surface area contributed by atoms with E-state index in [-0.39, 0.29) is 17.7 Å². The number of furan rings is 1. The van der Waals surface area contributed by atoms with Crippen molar-refractivity contribution in [3.8, 4) is 0 Å². The lowest BCUT2D eigenvalue weighted by Crippen LogP contribution is -2.54. The zero-order valence-corrected chi connectivity index (χ0v) is 12.1. The van der Waals surface area contributed by atoms with Crippen molar-refractivity contribution in [1.82, 2.24) is 10.2 Å². The first kappa shape index (κ1) is 13.5. The number of hydrogen-bond acceptors (Lipinski definition) is 3. The lowest BCUT2D eigenvalue weighted by atomic mass is 9.93. The maximum absolute atomic E-state index is 12.4. The first-order valence-electron chi connectivity index (χ1n) is 7.31. The number of hydrogen-bond donors (Lipinski definition) is 1. The number of amides is 2. The molecule has 3 rings (SSSR count). The summed E-state index contributed by atoms with van der Waals surface area (Å²) in [7, 11) is 0. The number of carbonyl (C=O) groups is 1. The highest BCUT2D eigenvalue weighted by Crippen LogP contribution is 2.30. The van der Waals surface area contributed by atoms with Crippen molar-refractivity contribution in [1.29, 1.82) is 0 Å². The Morgan fingerprint density at radius 3 is 3.15 bits per heavy atom. The summed E-state index contributed by atoms with van der Waals surface area (Å²) in [5.74, 6) is 1.02. The molecule has 0 saturated carbocycles. The van der Waals surface area contributed by atoms with Gasteiger partial charge in [-0.05, 0) is 32.8 Å². The van der Waals surface area contributed by atoms with Crippen LogP contribution in [0.2, 0.25) is 0 Å². The van der Waals surface area contributed by atoms with E-state index in [1.165, 1.54) is 0 Å². The fourth-order valence-corrected chi connectivity index (χ4v) is 3.07. The summed E-state index contributed by atoms with van der Waals surface area (Å²) in [6.07, 6.45) is 4.72. The molecule has 1 unspecified atom stereocenters. The van der Waals surface area contributed by atoms with Crippen molar-refractivity contribution < 1.29 is 13.9 Å². The van der Waals surface area contributed by atoms with Crippen LogP contribution in [0.1, 0.15) is 44.1 Å². The van der Waals surface area contributed by atoms with Crippen LogP contribution in [0.25, 0.3) is 0 Å². The van der Waals surface area contributed by atoms with Gasteiger partial charge < -0.3 is 19.4 Å². The fourth-order valence-electron chi connectivity index (χ4n) is 3.07. The summed E-state index contributed by atoms with van der Waals surface area (Å²) in [5, 5.41) is 3.14. The van der Waals surface area contributed by atoms with Crippen LogP contribution in [-0.2, 0) is 11.2 Å². The van der Waals surface area contributed by atoms with E-state index in [1.54, 1.807) is 6.26 Å². The van der Waals surface area contributed by atoms with Crippen molar-refractivity contribution in [3.63, 3.8) is 0 Å². The SMILES string of the molecule is CC1(C)CN(C(=O)NC2CCCc3occc32)CCO1. The molecule has 5 heteroatoms. The minimum atomic E-state index is -0.261. The van der Waals surface area contributed by atoms with Gasteiger partial charge in [0.25, 0.3) is 0 Å². The second-order valence-corrected chi connectivity index (χ2v) is 6.22. The molecule has 1 saturated heterocycles. The Kier molecular flexibility index (Phi) is 3.46. The summed E-state index contributed by atoms with van der Waals surface area (Å²) >= 11 is 0. The van der Waals surface area contributed by atoms with Crippen LogP contribution in [-0.4, -0.2) is 36.2 Å². The largest absolute Gasteiger partial charge is 0.469 e. The summed E-state index contributed by atoms with van der Waals surface area (Å²) < 4.78 is 11.1. The van der Waals surface area contributed by atoms with Gasteiger partial charge in [0.15, 0.2) is 0 Å². The molecular formula is C15H22N2O3. The van der Waals surface area contributed by atoms with Crippen molar-refractivity contribution in [2.75, 3.05) is 19.7 Å². The van der Waals surface area contributed by atoms with Gasteiger partial charge in [0.05, 0.1) is 31.1 Å². The Morgan fingerprint density at radius 1 is 1.50 bits per heavy atom. The molecule has 1 aromatic rings. The smallest absolute Gasteiger partial charge is 0.318 e. The van der Waals surface area contributed by atoms with E-state index in [1.807, 2.05) is 24.8 Å². The minimum absolute atomic E-state index is 0.000394. The van der Waals surface area contributed by atoms with E-state index in [4.69, 9.17) is 9.15 Å². The zero-order chi connectivity index (χ0) is 14.2. The van der Waals surface area contributed by atoms with Crippen molar-refractivity contribution in [2.45, 2.75) is 44.8 Å². The highest BCUT2D eigenvalue weighted by atomic mass is 16.5. The average Bonchev–Trinajstić information content (AvgIpc) is 2.87. The van der Waals surface area contributed by atoms with Crippen LogP contribution in [0, 0.1) is 0 Å². The molecule has 110 valence electrons. The van der Waals surface area contributed by atoms with E-state index < -0.39 is 0 Å². The molecule has 0 radical (unpaired) electrons. The summed E-state index contributed by atoms with van der Waals surface area (Å²) in [5.41, 5.74) is 0.875. The second-order valence-electron chi connectivity index (χ2n) is 6.22. The quantitative estimate of drug-likeness (QED) is 0.858. The molecule has 1 aliphatic heterocycles. The normalized spacial score (nSPS) is 25.1. The first-order valence-corrected chi connectivity index (χ1v) is 7.31. The zero-order valence-electron chi connectivity index (χ0n) is 12.1. The van der Waals surface area contributed by atoms with Crippen molar-refractivity contribution >= 4 is 6.03 Å². The second kappa shape index (κ2) is 5.13. The number of fused-ring (bicyclic) bond motifs is 1. The van der Waals surface area contributed by atoms with E-state index in [2.05, 4.69) is 5.32 Å². The molecule has 2 aliphatic rings. The molecule has 1 N–H and O–H groups in total. The molecule has 1 fully saturated rings. The van der Waals surface area contributed by atoms with Gasteiger partial charge in [-0.15, -0.1) is 0 Å². The lowest BCUT2D eigenvalue weighted by Gasteiger charge is -2.38. The highest BCUT2D eigenvalue weighted by Gasteiger charge is 2.32. The van der Waals surface area contributed by atoms with Gasteiger partial charge in [-0.1, -0.05) is 0 Å². The number of urea groups is 1. The van der Waals surface area contributed by atoms with Crippen molar-refractivity contribution in [2.24, 2.45) is 0 Å². The van der Waals surface area contributed by atoms with Crippen LogP contribution in [0.5, 0.6) is 0 Å². The third-order valence-electron chi connectivity index (χ3n) is 4.06. The molecule has 0 spiro atoms. The van der Waals surface area contributed by atoms with Gasteiger partial charge in [-0.2, -0.15) is 0 Å². The van der Waals surface area contributed by atoms with E-state index in [0.29, 0.717) is 19.7 Å². The molecule has 20 heavy (non-hydrogen) atoms. The van der Waals surface area contributed by atoms with Gasteiger partial charge in [0.1, 0.15) is 5.76 Å². The summed E-state index contributed by atoms with van der Waals surface area (Å²) in [4.78, 5) is 14.3. The molecule has 5 nitrogen and oxygen atoms in total. The molecule has 2 amide bonds. The number of nitrogens with one attached hydrogen (secondary N) is 1. The third-order valence-corrected chi connectivity index (χ3v) is 4.06. The number of ether oxygens (including phenoxy) is 1. The predicted molar refractivity (Wildman–Crippen MR) is 74.5 cm³/mol. The number of morpholine rings is 1. The van der Waals surface area contributed by atoms with Crippen molar-refractivity contribution in [3.05, 3.63) is 23.7 Å². The van der Waals surface area contributed by atoms with E-state index >= 15 is 0 Å². The summed E-state index contributed by atoms with van der Waals surface area (Å²) in [6, 6.07) is 2.05. The third kappa shape index (κ3) is 2.68. The molecule has 0 aromatic carbocycles. The molecule has 2 heterocycles. The standard InChI is InChI=1S/C15H22N2O3/c1-15(2)10-17(7-9-20-15)14(18)16-12-4-3-5-13-11(12)6-8-19-13/h6,8,12H,3-5,7,9-10H2,1-2H3,(H,16,18). The Bertz CT molecular complexity index is 495. The van der Waals surface area contributed by atoms with Gasteiger partial charge in [-0.25, -0.2) is 4.79 Å². The first-order chi connectivity index (χ1) is 9.55. The van der Waals surface area contributed by atoms with Gasteiger partial charge in [-0.3, -0.25) is 0 Å². The lowest BCUT2D eigenvalue weighted by molar-refractivity contribution is -0.0735. The molecule has 0 bridgehead atoms. The molecule has 1 aromatic heterocycles. The van der Waals surface area contributed by atoms with Crippen LogP contribution in [0.3, 0.4) is 0 Å². The predicted octanol–water partition coefficient (Wildman–Crippen LogP) is 2.48.